The second kappa shape index (κ2) is 6.26. The van der Waals surface area contributed by atoms with Gasteiger partial charge >= 0.3 is 0 Å². The number of nitrogens with one attached hydrogen (secondary N) is 1. The average molecular weight is 287 g/mol. The van der Waals surface area contributed by atoms with Crippen molar-refractivity contribution in [2.24, 2.45) is 0 Å². The molecular formula is C16H21N3O2. The van der Waals surface area contributed by atoms with Gasteiger partial charge in [-0.25, -0.2) is 0 Å². The largest absolute Gasteiger partial charge is 0.361 e. The normalized spacial score (nSPS) is 17.5. The molecule has 1 N–H and O–H groups in total. The summed E-state index contributed by atoms with van der Waals surface area (Å²) in [5, 5.41) is 11.9. The van der Waals surface area contributed by atoms with Crippen LogP contribution in [0.2, 0.25) is 0 Å². The average Bonchev–Trinajstić information content (AvgIpc) is 2.84. The lowest BCUT2D eigenvalue weighted by atomic mass is 10.1. The van der Waals surface area contributed by atoms with Crippen LogP contribution in [-0.4, -0.2) is 27.9 Å². The van der Waals surface area contributed by atoms with E-state index in [2.05, 4.69) is 9.88 Å². The Morgan fingerprint density at radius 1 is 1.14 bits per heavy atom. The minimum absolute atomic E-state index is 0.163. The molecule has 0 bridgehead atoms. The molecule has 0 atom stereocenters. The summed E-state index contributed by atoms with van der Waals surface area (Å²) in [5.41, 5.74) is 2.30. The summed E-state index contributed by atoms with van der Waals surface area (Å²) < 4.78 is 0. The number of hydrogen-bond acceptors (Lipinski definition) is 3. The van der Waals surface area contributed by atoms with Gasteiger partial charge in [0.25, 0.3) is 5.69 Å². The highest BCUT2D eigenvalue weighted by Gasteiger charge is 2.14. The zero-order valence-corrected chi connectivity index (χ0v) is 12.2. The quantitative estimate of drug-likeness (QED) is 0.689. The summed E-state index contributed by atoms with van der Waals surface area (Å²) >= 11 is 0. The Bertz CT molecular complexity index is 627. The van der Waals surface area contributed by atoms with Crippen LogP contribution in [-0.2, 0) is 6.54 Å². The molecule has 1 aliphatic heterocycles. The number of H-pyrrole nitrogens is 1. The van der Waals surface area contributed by atoms with Crippen LogP contribution in [0.5, 0.6) is 0 Å². The van der Waals surface area contributed by atoms with Gasteiger partial charge in [-0.3, -0.25) is 15.0 Å². The van der Waals surface area contributed by atoms with Gasteiger partial charge in [-0.2, -0.15) is 0 Å². The van der Waals surface area contributed by atoms with Crippen molar-refractivity contribution in [2.75, 3.05) is 13.1 Å². The number of nitro groups is 1. The van der Waals surface area contributed by atoms with E-state index in [1.54, 1.807) is 18.2 Å². The third-order valence-electron chi connectivity index (χ3n) is 4.30. The van der Waals surface area contributed by atoms with Crippen molar-refractivity contribution in [3.8, 4) is 0 Å². The molecule has 3 rings (SSSR count). The Kier molecular flexibility index (Phi) is 4.20. The first-order valence-corrected chi connectivity index (χ1v) is 7.71. The van der Waals surface area contributed by atoms with Crippen molar-refractivity contribution in [2.45, 2.75) is 38.6 Å². The number of aromatic amines is 1. The fourth-order valence-corrected chi connectivity index (χ4v) is 3.12. The van der Waals surface area contributed by atoms with Crippen molar-refractivity contribution in [3.05, 3.63) is 40.1 Å². The molecule has 1 fully saturated rings. The Morgan fingerprint density at radius 2 is 1.86 bits per heavy atom. The lowest BCUT2D eigenvalue weighted by molar-refractivity contribution is -0.384. The van der Waals surface area contributed by atoms with Gasteiger partial charge in [0.05, 0.1) is 4.92 Å². The van der Waals surface area contributed by atoms with Gasteiger partial charge < -0.3 is 4.98 Å². The van der Waals surface area contributed by atoms with Crippen LogP contribution in [0.25, 0.3) is 10.9 Å². The van der Waals surface area contributed by atoms with Crippen LogP contribution >= 0.6 is 0 Å². The molecule has 1 aromatic carbocycles. The molecule has 1 saturated heterocycles. The molecule has 21 heavy (non-hydrogen) atoms. The second-order valence-corrected chi connectivity index (χ2v) is 5.84. The Labute approximate surface area is 124 Å². The van der Waals surface area contributed by atoms with Gasteiger partial charge in [0.2, 0.25) is 0 Å². The molecule has 0 amide bonds. The number of nitro benzene ring substituents is 1. The summed E-state index contributed by atoms with van der Waals surface area (Å²) in [4.78, 5) is 16.3. The molecule has 1 aromatic heterocycles. The van der Waals surface area contributed by atoms with E-state index in [1.165, 1.54) is 32.1 Å². The van der Waals surface area contributed by atoms with Crippen molar-refractivity contribution in [1.82, 2.24) is 9.88 Å². The second-order valence-electron chi connectivity index (χ2n) is 5.84. The summed E-state index contributed by atoms with van der Waals surface area (Å²) in [5.74, 6) is 0. The van der Waals surface area contributed by atoms with E-state index in [0.29, 0.717) is 0 Å². The SMILES string of the molecule is O=[N+]([O-])c1ccc2[nH]cc(CN3CCCCCCC3)c2c1. The smallest absolute Gasteiger partial charge is 0.270 e. The topological polar surface area (TPSA) is 62.2 Å². The molecule has 0 aliphatic carbocycles. The highest BCUT2D eigenvalue weighted by Crippen LogP contribution is 2.25. The van der Waals surface area contributed by atoms with E-state index in [4.69, 9.17) is 0 Å². The zero-order valence-electron chi connectivity index (χ0n) is 12.2. The van der Waals surface area contributed by atoms with Gasteiger partial charge in [-0.05, 0) is 37.6 Å². The zero-order chi connectivity index (χ0) is 14.7. The molecule has 0 saturated carbocycles. The van der Waals surface area contributed by atoms with Gasteiger partial charge in [-0.1, -0.05) is 19.3 Å². The monoisotopic (exact) mass is 287 g/mol. The number of fused-ring (bicyclic) bond motifs is 1. The first-order valence-electron chi connectivity index (χ1n) is 7.71. The molecule has 112 valence electrons. The lowest BCUT2D eigenvalue weighted by Gasteiger charge is -2.24. The van der Waals surface area contributed by atoms with Crippen molar-refractivity contribution in [3.63, 3.8) is 0 Å². The minimum atomic E-state index is -0.327. The molecule has 5 nitrogen and oxygen atoms in total. The van der Waals surface area contributed by atoms with E-state index in [1.807, 2.05) is 6.20 Å². The molecular weight excluding hydrogens is 266 g/mol. The van der Waals surface area contributed by atoms with E-state index in [9.17, 15) is 10.1 Å². The number of rotatable bonds is 3. The molecule has 5 heteroatoms. The van der Waals surface area contributed by atoms with E-state index in [0.717, 1.165) is 36.1 Å². The first kappa shape index (κ1) is 14.1. The van der Waals surface area contributed by atoms with Crippen molar-refractivity contribution in [1.29, 1.82) is 0 Å². The predicted molar refractivity (Wildman–Crippen MR) is 83.3 cm³/mol. The molecule has 0 spiro atoms. The van der Waals surface area contributed by atoms with Gasteiger partial charge in [0.1, 0.15) is 0 Å². The Morgan fingerprint density at radius 3 is 2.57 bits per heavy atom. The van der Waals surface area contributed by atoms with Crippen LogP contribution in [0, 0.1) is 10.1 Å². The predicted octanol–water partition coefficient (Wildman–Crippen LogP) is 3.84. The minimum Gasteiger partial charge on any atom is -0.361 e. The molecule has 2 heterocycles. The van der Waals surface area contributed by atoms with Crippen LogP contribution in [0.3, 0.4) is 0 Å². The van der Waals surface area contributed by atoms with E-state index in [-0.39, 0.29) is 10.6 Å². The highest BCUT2D eigenvalue weighted by atomic mass is 16.6. The lowest BCUT2D eigenvalue weighted by Crippen LogP contribution is -2.26. The van der Waals surface area contributed by atoms with Gasteiger partial charge in [-0.15, -0.1) is 0 Å². The summed E-state index contributed by atoms with van der Waals surface area (Å²) in [6.45, 7) is 3.13. The Hall–Kier alpha value is -1.88. The van der Waals surface area contributed by atoms with Gasteiger partial charge in [0.15, 0.2) is 0 Å². The van der Waals surface area contributed by atoms with Crippen LogP contribution in [0.15, 0.2) is 24.4 Å². The molecule has 1 aliphatic rings. The van der Waals surface area contributed by atoms with Crippen LogP contribution in [0.1, 0.15) is 37.7 Å². The van der Waals surface area contributed by atoms with Crippen LogP contribution < -0.4 is 0 Å². The maximum Gasteiger partial charge on any atom is 0.270 e. The third kappa shape index (κ3) is 3.24. The first-order chi connectivity index (χ1) is 10.2. The fraction of sp³-hybridized carbons (Fsp3) is 0.500. The van der Waals surface area contributed by atoms with E-state index >= 15 is 0 Å². The summed E-state index contributed by atoms with van der Waals surface area (Å²) in [6.07, 6.45) is 8.48. The Balaban J connectivity index is 1.82. The van der Waals surface area contributed by atoms with Crippen molar-refractivity contribution < 1.29 is 4.92 Å². The number of non-ortho nitro benzene ring substituents is 1. The molecule has 0 unspecified atom stereocenters. The molecule has 0 radical (unpaired) electrons. The fourth-order valence-electron chi connectivity index (χ4n) is 3.12. The number of hydrogen-bond donors (Lipinski definition) is 1. The summed E-state index contributed by atoms with van der Waals surface area (Å²) in [7, 11) is 0. The number of likely N-dealkylation sites (tertiary alicyclic amines) is 1. The number of aromatic nitrogens is 1. The standard InChI is InChI=1S/C16H21N3O2/c20-19(21)14-6-7-16-15(10-14)13(11-17-16)12-18-8-4-2-1-3-5-9-18/h6-7,10-11,17H,1-5,8-9,12H2. The van der Waals surface area contributed by atoms with Gasteiger partial charge in [0, 0.05) is 35.8 Å². The maximum atomic E-state index is 10.9. The summed E-state index contributed by atoms with van der Waals surface area (Å²) in [6, 6.07) is 5.04. The van der Waals surface area contributed by atoms with Crippen molar-refractivity contribution >= 4 is 16.6 Å². The maximum absolute atomic E-state index is 10.9. The van der Waals surface area contributed by atoms with Crippen LogP contribution in [0.4, 0.5) is 5.69 Å². The highest BCUT2D eigenvalue weighted by molar-refractivity contribution is 5.85. The van der Waals surface area contributed by atoms with E-state index < -0.39 is 0 Å². The third-order valence-corrected chi connectivity index (χ3v) is 4.30. The number of nitrogens with zero attached hydrogens (tertiary/aromatic N) is 2. The number of benzene rings is 1. The molecule has 2 aromatic rings.